The van der Waals surface area contributed by atoms with Gasteiger partial charge in [0, 0.05) is 37.5 Å². The van der Waals surface area contributed by atoms with Crippen molar-refractivity contribution >= 4 is 17.4 Å². The van der Waals surface area contributed by atoms with Crippen molar-refractivity contribution in [1.82, 2.24) is 24.8 Å². The average molecular weight is 376 g/mol. The molecule has 1 aromatic carbocycles. The van der Waals surface area contributed by atoms with Crippen molar-refractivity contribution in [2.45, 2.75) is 13.5 Å². The first-order valence-electron chi connectivity index (χ1n) is 8.98. The van der Waals surface area contributed by atoms with E-state index in [0.29, 0.717) is 18.8 Å². The number of fused-ring (bicyclic) bond motifs is 1. The zero-order chi connectivity index (χ0) is 19.5. The Balaban J connectivity index is 1.78. The lowest BCUT2D eigenvalue weighted by molar-refractivity contribution is 0.0519. The first kappa shape index (κ1) is 17.7. The van der Waals surface area contributed by atoms with Gasteiger partial charge in [0.25, 0.3) is 0 Å². The van der Waals surface area contributed by atoms with Gasteiger partial charge in [0.2, 0.25) is 0 Å². The highest BCUT2D eigenvalue weighted by Crippen LogP contribution is 2.25. The summed E-state index contributed by atoms with van der Waals surface area (Å²) >= 11 is 0. The molecule has 0 amide bonds. The molecule has 3 heterocycles. The Morgan fingerprint density at radius 1 is 1.25 bits per heavy atom. The Bertz CT molecular complexity index is 1090. The van der Waals surface area contributed by atoms with E-state index in [1.54, 1.807) is 29.9 Å². The van der Waals surface area contributed by atoms with Crippen LogP contribution in [0.15, 0.2) is 54.9 Å². The lowest BCUT2D eigenvalue weighted by Crippen LogP contribution is -2.18. The van der Waals surface area contributed by atoms with Gasteiger partial charge in [-0.3, -0.25) is 5.10 Å². The highest BCUT2D eigenvalue weighted by Gasteiger charge is 2.18. The first-order chi connectivity index (χ1) is 13.7. The lowest BCUT2D eigenvalue weighted by Gasteiger charge is -2.19. The van der Waals surface area contributed by atoms with Gasteiger partial charge in [0.05, 0.1) is 18.5 Å². The minimum absolute atomic E-state index is 0.224. The number of benzene rings is 1. The molecule has 0 aliphatic rings. The van der Waals surface area contributed by atoms with Gasteiger partial charge in [-0.05, 0) is 12.5 Å². The summed E-state index contributed by atoms with van der Waals surface area (Å²) in [6, 6.07) is 13.7. The summed E-state index contributed by atoms with van der Waals surface area (Å²) in [6.45, 7) is 2.76. The third kappa shape index (κ3) is 3.44. The van der Waals surface area contributed by atoms with Crippen LogP contribution in [0.3, 0.4) is 0 Å². The predicted octanol–water partition coefficient (Wildman–Crippen LogP) is 2.93. The molecule has 0 unspecified atom stereocenters. The SMILES string of the molecule is CCOC(=O)c1cc2nc(N(C)Cc3ccccc3)cc(-c3cn[nH]c3)n2n1. The van der Waals surface area contributed by atoms with Gasteiger partial charge < -0.3 is 9.64 Å². The van der Waals surface area contributed by atoms with E-state index in [-0.39, 0.29) is 5.69 Å². The molecule has 0 aliphatic heterocycles. The number of ether oxygens (including phenoxy) is 1. The molecular weight excluding hydrogens is 356 g/mol. The van der Waals surface area contributed by atoms with Crippen molar-refractivity contribution in [3.63, 3.8) is 0 Å². The van der Waals surface area contributed by atoms with Gasteiger partial charge in [-0.25, -0.2) is 14.3 Å². The first-order valence-corrected chi connectivity index (χ1v) is 8.98. The summed E-state index contributed by atoms with van der Waals surface area (Å²) in [5.74, 6) is 0.299. The summed E-state index contributed by atoms with van der Waals surface area (Å²) in [5.41, 5.74) is 3.60. The van der Waals surface area contributed by atoms with Crippen LogP contribution in [0, 0.1) is 0 Å². The number of aromatic amines is 1. The molecule has 1 N–H and O–H groups in total. The number of hydrogen-bond donors (Lipinski definition) is 1. The van der Waals surface area contributed by atoms with Crippen molar-refractivity contribution in [2.24, 2.45) is 0 Å². The van der Waals surface area contributed by atoms with Crippen LogP contribution in [0.4, 0.5) is 5.82 Å². The Labute approximate surface area is 161 Å². The van der Waals surface area contributed by atoms with Crippen LogP contribution >= 0.6 is 0 Å². The molecule has 8 nitrogen and oxygen atoms in total. The zero-order valence-electron chi connectivity index (χ0n) is 15.7. The number of carbonyl (C=O) groups excluding carboxylic acids is 1. The number of nitrogens with one attached hydrogen (secondary N) is 1. The number of anilines is 1. The molecule has 0 fully saturated rings. The van der Waals surface area contributed by atoms with Crippen molar-refractivity contribution in [2.75, 3.05) is 18.6 Å². The molecule has 0 bridgehead atoms. The predicted molar refractivity (Wildman–Crippen MR) is 105 cm³/mol. The van der Waals surface area contributed by atoms with E-state index in [0.717, 1.165) is 17.1 Å². The smallest absolute Gasteiger partial charge is 0.358 e. The largest absolute Gasteiger partial charge is 0.461 e. The molecule has 0 atom stereocenters. The lowest BCUT2D eigenvalue weighted by atomic mass is 10.2. The third-order valence-electron chi connectivity index (χ3n) is 4.35. The number of aromatic nitrogens is 5. The van der Waals surface area contributed by atoms with Crippen molar-refractivity contribution < 1.29 is 9.53 Å². The van der Waals surface area contributed by atoms with E-state index in [1.165, 1.54) is 5.56 Å². The number of esters is 1. The fourth-order valence-corrected chi connectivity index (χ4v) is 3.00. The van der Waals surface area contributed by atoms with Crippen molar-refractivity contribution in [3.05, 3.63) is 66.1 Å². The Kier molecular flexibility index (Phi) is 4.76. The van der Waals surface area contributed by atoms with E-state index in [1.807, 2.05) is 31.3 Å². The third-order valence-corrected chi connectivity index (χ3v) is 4.35. The van der Waals surface area contributed by atoms with Crippen LogP contribution in [0.1, 0.15) is 23.0 Å². The van der Waals surface area contributed by atoms with Crippen LogP contribution < -0.4 is 4.90 Å². The van der Waals surface area contributed by atoms with Gasteiger partial charge in [-0.15, -0.1) is 0 Å². The van der Waals surface area contributed by atoms with Gasteiger partial charge in [-0.2, -0.15) is 10.2 Å². The van der Waals surface area contributed by atoms with E-state index in [9.17, 15) is 4.79 Å². The summed E-state index contributed by atoms with van der Waals surface area (Å²) in [7, 11) is 1.98. The molecule has 0 aliphatic carbocycles. The van der Waals surface area contributed by atoms with E-state index in [2.05, 4.69) is 32.3 Å². The normalized spacial score (nSPS) is 10.9. The number of rotatable bonds is 6. The standard InChI is InChI=1S/C20H20N6O2/c1-3-28-20(27)16-9-19-23-18(25(2)13-14-7-5-4-6-8-14)10-17(26(19)24-16)15-11-21-22-12-15/h4-12H,3,13H2,1-2H3,(H,21,22). The van der Waals surface area contributed by atoms with E-state index < -0.39 is 5.97 Å². The van der Waals surface area contributed by atoms with Crippen LogP contribution in [0.2, 0.25) is 0 Å². The molecule has 142 valence electrons. The molecule has 8 heteroatoms. The number of hydrogen-bond acceptors (Lipinski definition) is 6. The Morgan fingerprint density at radius 2 is 2.07 bits per heavy atom. The fraction of sp³-hybridized carbons (Fsp3) is 0.200. The molecule has 3 aromatic heterocycles. The molecule has 4 rings (SSSR count). The van der Waals surface area contributed by atoms with Crippen molar-refractivity contribution in [1.29, 1.82) is 0 Å². The minimum atomic E-state index is -0.467. The van der Waals surface area contributed by atoms with Gasteiger partial charge >= 0.3 is 5.97 Å². The molecule has 0 radical (unpaired) electrons. The van der Waals surface area contributed by atoms with Crippen LogP contribution in [-0.2, 0) is 11.3 Å². The summed E-state index contributed by atoms with van der Waals surface area (Å²) in [4.78, 5) is 18.9. The highest BCUT2D eigenvalue weighted by molar-refractivity contribution is 5.89. The quantitative estimate of drug-likeness (QED) is 0.521. The van der Waals surface area contributed by atoms with Crippen LogP contribution in [0.25, 0.3) is 16.9 Å². The Hall–Kier alpha value is -3.68. The Morgan fingerprint density at radius 3 is 2.79 bits per heavy atom. The van der Waals surface area contributed by atoms with Gasteiger partial charge in [0.1, 0.15) is 5.82 Å². The average Bonchev–Trinajstić information content (AvgIpc) is 3.38. The topological polar surface area (TPSA) is 88.4 Å². The van der Waals surface area contributed by atoms with Gasteiger partial charge in [-0.1, -0.05) is 30.3 Å². The maximum atomic E-state index is 12.1. The number of H-pyrrole nitrogens is 1. The maximum Gasteiger partial charge on any atom is 0.358 e. The summed E-state index contributed by atoms with van der Waals surface area (Å²) < 4.78 is 6.71. The second kappa shape index (κ2) is 7.51. The number of nitrogens with zero attached hydrogens (tertiary/aromatic N) is 5. The molecular formula is C20H20N6O2. The van der Waals surface area contributed by atoms with Crippen LogP contribution in [0.5, 0.6) is 0 Å². The van der Waals surface area contributed by atoms with E-state index in [4.69, 9.17) is 9.72 Å². The summed E-state index contributed by atoms with van der Waals surface area (Å²) in [5, 5.41) is 11.2. The monoisotopic (exact) mass is 376 g/mol. The fourth-order valence-electron chi connectivity index (χ4n) is 3.00. The molecule has 0 saturated carbocycles. The second-order valence-electron chi connectivity index (χ2n) is 6.35. The maximum absolute atomic E-state index is 12.1. The molecule has 0 spiro atoms. The second-order valence-corrected chi connectivity index (χ2v) is 6.35. The zero-order valence-corrected chi connectivity index (χ0v) is 15.7. The summed E-state index contributed by atoms with van der Waals surface area (Å²) in [6.07, 6.45) is 3.49. The van der Waals surface area contributed by atoms with Gasteiger partial charge in [0.15, 0.2) is 11.3 Å². The number of carbonyl (C=O) groups is 1. The van der Waals surface area contributed by atoms with E-state index >= 15 is 0 Å². The molecule has 4 aromatic rings. The van der Waals surface area contributed by atoms with Crippen LogP contribution in [-0.4, -0.2) is 44.4 Å². The molecule has 28 heavy (non-hydrogen) atoms. The van der Waals surface area contributed by atoms with Crippen molar-refractivity contribution in [3.8, 4) is 11.3 Å². The molecule has 0 saturated heterocycles. The minimum Gasteiger partial charge on any atom is -0.461 e. The highest BCUT2D eigenvalue weighted by atomic mass is 16.5.